The average molecular weight is 226 g/mol. The van der Waals surface area contributed by atoms with Crippen LogP contribution in [-0.2, 0) is 6.61 Å². The van der Waals surface area contributed by atoms with Crippen LogP contribution >= 0.6 is 0 Å². The van der Waals surface area contributed by atoms with Gasteiger partial charge in [0.1, 0.15) is 11.2 Å². The van der Waals surface area contributed by atoms with Crippen LogP contribution in [0.25, 0.3) is 22.7 Å². The zero-order valence-electron chi connectivity index (χ0n) is 9.00. The normalized spacial score (nSPS) is 10.9. The lowest BCUT2D eigenvalue weighted by Crippen LogP contribution is -1.81. The molecule has 0 unspecified atom stereocenters. The number of hydrogen-bond acceptors (Lipinski definition) is 4. The molecule has 0 aliphatic heterocycles. The number of aliphatic hydroxyl groups is 1. The summed E-state index contributed by atoms with van der Waals surface area (Å²) in [7, 11) is 0. The average Bonchev–Trinajstić information content (AvgIpc) is 2.83. The van der Waals surface area contributed by atoms with Gasteiger partial charge in [0.05, 0.1) is 6.61 Å². The van der Waals surface area contributed by atoms with E-state index in [0.29, 0.717) is 17.2 Å². The molecule has 0 saturated heterocycles. The summed E-state index contributed by atoms with van der Waals surface area (Å²) in [6.45, 7) is -0.0613. The van der Waals surface area contributed by atoms with Gasteiger partial charge in [-0.25, -0.2) is 4.98 Å². The molecule has 0 bridgehead atoms. The second-order valence-corrected chi connectivity index (χ2v) is 3.66. The number of fused-ring (bicyclic) bond motifs is 1. The van der Waals surface area contributed by atoms with Gasteiger partial charge in [-0.15, -0.1) is 0 Å². The van der Waals surface area contributed by atoms with Crippen molar-refractivity contribution in [1.82, 2.24) is 9.97 Å². The largest absolute Gasteiger partial charge is 0.434 e. The lowest BCUT2D eigenvalue weighted by atomic mass is 10.2. The molecule has 0 atom stereocenters. The van der Waals surface area contributed by atoms with Gasteiger partial charge in [0.2, 0.25) is 5.89 Å². The molecule has 0 aliphatic carbocycles. The summed E-state index contributed by atoms with van der Waals surface area (Å²) < 4.78 is 5.64. The smallest absolute Gasteiger partial charge is 0.246 e. The second-order valence-electron chi connectivity index (χ2n) is 3.66. The maximum Gasteiger partial charge on any atom is 0.246 e. The van der Waals surface area contributed by atoms with Gasteiger partial charge in [-0.1, -0.05) is 18.2 Å². The van der Waals surface area contributed by atoms with Crippen molar-refractivity contribution in [2.75, 3.05) is 0 Å². The fourth-order valence-corrected chi connectivity index (χ4v) is 1.73. The van der Waals surface area contributed by atoms with Gasteiger partial charge >= 0.3 is 0 Å². The van der Waals surface area contributed by atoms with Gasteiger partial charge in [0.15, 0.2) is 5.58 Å². The minimum Gasteiger partial charge on any atom is -0.434 e. The van der Waals surface area contributed by atoms with Crippen LogP contribution in [0.15, 0.2) is 47.0 Å². The maximum absolute atomic E-state index is 9.21. The van der Waals surface area contributed by atoms with E-state index in [4.69, 9.17) is 4.42 Å². The Hall–Kier alpha value is -2.20. The monoisotopic (exact) mass is 226 g/mol. The molecule has 2 aromatic heterocycles. The zero-order chi connectivity index (χ0) is 11.7. The Morgan fingerprint density at radius 2 is 2.06 bits per heavy atom. The molecule has 1 N–H and O–H groups in total. The summed E-state index contributed by atoms with van der Waals surface area (Å²) >= 11 is 0. The van der Waals surface area contributed by atoms with Gasteiger partial charge in [0, 0.05) is 11.8 Å². The Kier molecular flexibility index (Phi) is 2.34. The summed E-state index contributed by atoms with van der Waals surface area (Å²) in [4.78, 5) is 8.53. The number of oxazole rings is 1. The molecule has 4 heteroatoms. The molecule has 0 fully saturated rings. The third-order valence-electron chi connectivity index (χ3n) is 2.55. The summed E-state index contributed by atoms with van der Waals surface area (Å²) in [5, 5.41) is 9.21. The van der Waals surface area contributed by atoms with Crippen LogP contribution < -0.4 is 0 Å². The highest BCUT2D eigenvalue weighted by molar-refractivity contribution is 5.78. The number of aliphatic hydroxyl groups excluding tert-OH is 1. The Labute approximate surface area is 97.6 Å². The molecule has 3 aromatic rings. The number of pyridine rings is 1. The van der Waals surface area contributed by atoms with E-state index >= 15 is 0 Å². The third kappa shape index (κ3) is 1.68. The maximum atomic E-state index is 9.21. The van der Waals surface area contributed by atoms with Crippen molar-refractivity contribution in [1.29, 1.82) is 0 Å². The first-order chi connectivity index (χ1) is 8.38. The fraction of sp³-hybridized carbons (Fsp3) is 0.0769. The first-order valence-electron chi connectivity index (χ1n) is 5.29. The van der Waals surface area contributed by atoms with E-state index in [1.807, 2.05) is 36.4 Å². The summed E-state index contributed by atoms with van der Waals surface area (Å²) in [5.74, 6) is 0.474. The van der Waals surface area contributed by atoms with E-state index in [1.165, 1.54) is 0 Å². The Balaban J connectivity index is 2.20. The van der Waals surface area contributed by atoms with Crippen molar-refractivity contribution >= 4 is 11.1 Å². The van der Waals surface area contributed by atoms with Crippen molar-refractivity contribution in [3.8, 4) is 11.6 Å². The van der Waals surface area contributed by atoms with Crippen molar-refractivity contribution in [2.45, 2.75) is 6.61 Å². The second kappa shape index (κ2) is 3.99. The number of para-hydroxylation sites is 1. The first kappa shape index (κ1) is 9.99. The summed E-state index contributed by atoms with van der Waals surface area (Å²) in [6.07, 6.45) is 1.69. The number of benzene rings is 1. The molecule has 0 radical (unpaired) electrons. The van der Waals surface area contributed by atoms with Crippen molar-refractivity contribution in [3.63, 3.8) is 0 Å². The van der Waals surface area contributed by atoms with E-state index in [2.05, 4.69) is 9.97 Å². The van der Waals surface area contributed by atoms with Gasteiger partial charge in [-0.3, -0.25) is 4.98 Å². The number of nitrogens with zero attached hydrogens (tertiary/aromatic N) is 2. The molecule has 84 valence electrons. The molecule has 1 aromatic carbocycles. The quantitative estimate of drug-likeness (QED) is 0.728. The minimum atomic E-state index is -0.0613. The van der Waals surface area contributed by atoms with Crippen LogP contribution in [0.5, 0.6) is 0 Å². The first-order valence-corrected chi connectivity index (χ1v) is 5.29. The molecule has 3 rings (SSSR count). The molecule has 0 saturated carbocycles. The fourth-order valence-electron chi connectivity index (χ4n) is 1.73. The van der Waals surface area contributed by atoms with Gasteiger partial charge in [-0.2, -0.15) is 0 Å². The molecule has 17 heavy (non-hydrogen) atoms. The number of hydrogen-bond donors (Lipinski definition) is 1. The van der Waals surface area contributed by atoms with Gasteiger partial charge in [-0.05, 0) is 18.2 Å². The standard InChI is InChI=1S/C13H10N2O2/c16-8-9-4-3-6-10-12(9)17-13(15-10)11-5-1-2-7-14-11/h1-7,16H,8H2. The van der Waals surface area contributed by atoms with E-state index in [0.717, 1.165) is 11.1 Å². The van der Waals surface area contributed by atoms with E-state index in [-0.39, 0.29) is 6.61 Å². The van der Waals surface area contributed by atoms with Gasteiger partial charge < -0.3 is 9.52 Å². The summed E-state index contributed by atoms with van der Waals surface area (Å²) in [5.41, 5.74) is 2.78. The Bertz CT molecular complexity index is 647. The molecular weight excluding hydrogens is 216 g/mol. The van der Waals surface area contributed by atoms with Gasteiger partial charge in [0.25, 0.3) is 0 Å². The molecule has 0 amide bonds. The molecule has 2 heterocycles. The summed E-state index contributed by atoms with van der Waals surface area (Å²) in [6, 6.07) is 11.1. The van der Waals surface area contributed by atoms with Crippen LogP contribution in [0.1, 0.15) is 5.56 Å². The highest BCUT2D eigenvalue weighted by Crippen LogP contribution is 2.25. The van der Waals surface area contributed by atoms with Crippen molar-refractivity contribution in [3.05, 3.63) is 48.2 Å². The highest BCUT2D eigenvalue weighted by Gasteiger charge is 2.11. The number of aromatic nitrogens is 2. The van der Waals surface area contributed by atoms with Crippen molar-refractivity contribution < 1.29 is 9.52 Å². The lowest BCUT2D eigenvalue weighted by Gasteiger charge is -1.94. The molecule has 0 aliphatic rings. The Morgan fingerprint density at radius 3 is 2.82 bits per heavy atom. The lowest BCUT2D eigenvalue weighted by molar-refractivity contribution is 0.282. The van der Waals surface area contributed by atoms with E-state index in [9.17, 15) is 5.11 Å². The van der Waals surface area contributed by atoms with E-state index < -0.39 is 0 Å². The van der Waals surface area contributed by atoms with Crippen LogP contribution in [0, 0.1) is 0 Å². The topological polar surface area (TPSA) is 59.2 Å². The predicted molar refractivity (Wildman–Crippen MR) is 63.2 cm³/mol. The predicted octanol–water partition coefficient (Wildman–Crippen LogP) is 2.38. The van der Waals surface area contributed by atoms with Crippen molar-refractivity contribution in [2.24, 2.45) is 0 Å². The molecular formula is C13H10N2O2. The number of rotatable bonds is 2. The van der Waals surface area contributed by atoms with E-state index in [1.54, 1.807) is 6.20 Å². The molecule has 0 spiro atoms. The molecule has 4 nitrogen and oxygen atoms in total. The SMILES string of the molecule is OCc1cccc2nc(-c3ccccn3)oc12. The van der Waals surface area contributed by atoms with Crippen LogP contribution in [0.3, 0.4) is 0 Å². The zero-order valence-corrected chi connectivity index (χ0v) is 9.00. The highest BCUT2D eigenvalue weighted by atomic mass is 16.4. The van der Waals surface area contributed by atoms with Crippen LogP contribution in [0.4, 0.5) is 0 Å². The minimum absolute atomic E-state index is 0.0613. The third-order valence-corrected chi connectivity index (χ3v) is 2.55. The van der Waals surface area contributed by atoms with Crippen LogP contribution in [-0.4, -0.2) is 15.1 Å². The van der Waals surface area contributed by atoms with Crippen LogP contribution in [0.2, 0.25) is 0 Å². The Morgan fingerprint density at radius 1 is 1.12 bits per heavy atom.